The molecule has 0 radical (unpaired) electrons. The van der Waals surface area contributed by atoms with E-state index in [1.807, 2.05) is 63.4 Å². The number of hydrogen-bond acceptors (Lipinski definition) is 6. The summed E-state index contributed by atoms with van der Waals surface area (Å²) in [4.78, 5) is 21.6. The Morgan fingerprint density at radius 3 is 2.79 bits per heavy atom. The molecule has 2 aromatic carbocycles. The van der Waals surface area contributed by atoms with E-state index >= 15 is 0 Å². The number of esters is 1. The predicted molar refractivity (Wildman–Crippen MR) is 135 cm³/mol. The number of hydrogen-bond donors (Lipinski definition) is 0. The van der Waals surface area contributed by atoms with Gasteiger partial charge in [-0.05, 0) is 56.7 Å². The summed E-state index contributed by atoms with van der Waals surface area (Å²) >= 11 is 6.11. The smallest absolute Gasteiger partial charge is 0.342 e. The third-order valence-electron chi connectivity index (χ3n) is 5.87. The fourth-order valence-corrected chi connectivity index (χ4v) is 4.37. The highest BCUT2D eigenvalue weighted by Gasteiger charge is 2.29. The van der Waals surface area contributed by atoms with Crippen molar-refractivity contribution in [3.8, 4) is 11.5 Å². The van der Waals surface area contributed by atoms with Crippen molar-refractivity contribution in [1.29, 1.82) is 0 Å². The summed E-state index contributed by atoms with van der Waals surface area (Å²) in [5.41, 5.74) is 1.61. The molecule has 4 rings (SSSR count). The standard InChI is InChI=1S/C27H30ClN3O3/c1-19(2)33-27(32)24-11-7-14-29-26(24)30(3)22-13-15-31(18-22)17-20-8-4-5-12-25(20)34-23-10-6-9-21(28)16-23/h4-12,14,16,19,22H,13,15,17-18H2,1-3H3/t22-/m1/s1. The van der Waals surface area contributed by atoms with Crippen molar-refractivity contribution in [2.75, 3.05) is 25.0 Å². The Bertz CT molecular complexity index is 1140. The molecule has 6 nitrogen and oxygen atoms in total. The maximum atomic E-state index is 12.6. The van der Waals surface area contributed by atoms with Crippen molar-refractivity contribution < 1.29 is 14.3 Å². The second kappa shape index (κ2) is 10.9. The minimum absolute atomic E-state index is 0.179. The van der Waals surface area contributed by atoms with E-state index < -0.39 is 0 Å². The van der Waals surface area contributed by atoms with E-state index in [-0.39, 0.29) is 18.1 Å². The Morgan fingerprint density at radius 1 is 1.18 bits per heavy atom. The minimum atomic E-state index is -0.341. The van der Waals surface area contributed by atoms with Crippen molar-refractivity contribution in [2.24, 2.45) is 0 Å². The molecule has 1 aromatic heterocycles. The number of likely N-dealkylation sites (N-methyl/N-ethyl adjacent to an activating group) is 1. The van der Waals surface area contributed by atoms with Crippen LogP contribution in [0.2, 0.25) is 5.02 Å². The number of pyridine rings is 1. The van der Waals surface area contributed by atoms with Crippen molar-refractivity contribution in [3.63, 3.8) is 0 Å². The molecule has 1 fully saturated rings. The van der Waals surface area contributed by atoms with Crippen LogP contribution >= 0.6 is 11.6 Å². The summed E-state index contributed by atoms with van der Waals surface area (Å²) < 4.78 is 11.6. The Kier molecular flexibility index (Phi) is 7.70. The van der Waals surface area contributed by atoms with Crippen LogP contribution < -0.4 is 9.64 Å². The van der Waals surface area contributed by atoms with Crippen LogP contribution in [-0.2, 0) is 11.3 Å². The lowest BCUT2D eigenvalue weighted by Crippen LogP contribution is -2.36. The van der Waals surface area contributed by atoms with E-state index in [0.717, 1.165) is 43.1 Å². The summed E-state index contributed by atoms with van der Waals surface area (Å²) in [6.07, 6.45) is 2.51. The molecule has 0 unspecified atom stereocenters. The molecule has 178 valence electrons. The number of para-hydroxylation sites is 1. The Balaban J connectivity index is 1.44. The van der Waals surface area contributed by atoms with E-state index in [1.54, 1.807) is 18.3 Å². The van der Waals surface area contributed by atoms with E-state index in [2.05, 4.69) is 20.9 Å². The Morgan fingerprint density at radius 2 is 2.00 bits per heavy atom. The summed E-state index contributed by atoms with van der Waals surface area (Å²) in [6, 6.07) is 19.3. The number of ether oxygens (including phenoxy) is 2. The van der Waals surface area contributed by atoms with Gasteiger partial charge in [0.05, 0.1) is 6.10 Å². The van der Waals surface area contributed by atoms with Gasteiger partial charge in [-0.2, -0.15) is 0 Å². The van der Waals surface area contributed by atoms with Gasteiger partial charge in [0, 0.05) is 49.5 Å². The van der Waals surface area contributed by atoms with Gasteiger partial charge in [-0.25, -0.2) is 9.78 Å². The molecule has 7 heteroatoms. The third-order valence-corrected chi connectivity index (χ3v) is 6.10. The van der Waals surface area contributed by atoms with E-state index in [9.17, 15) is 4.79 Å². The Hall–Kier alpha value is -3.09. The van der Waals surface area contributed by atoms with Crippen molar-refractivity contribution in [1.82, 2.24) is 9.88 Å². The molecule has 0 amide bonds. The molecule has 1 aliphatic heterocycles. The number of rotatable bonds is 8. The van der Waals surface area contributed by atoms with Crippen molar-refractivity contribution in [3.05, 3.63) is 83.0 Å². The van der Waals surface area contributed by atoms with Gasteiger partial charge in [-0.1, -0.05) is 35.9 Å². The fourth-order valence-electron chi connectivity index (χ4n) is 4.19. The highest BCUT2D eigenvalue weighted by Crippen LogP contribution is 2.30. The number of halogens is 1. The molecule has 1 aliphatic rings. The largest absolute Gasteiger partial charge is 0.459 e. The normalized spacial score (nSPS) is 16.0. The molecule has 1 atom stereocenters. The molecular weight excluding hydrogens is 450 g/mol. The van der Waals surface area contributed by atoms with Gasteiger partial charge in [0.25, 0.3) is 0 Å². The second-order valence-corrected chi connectivity index (χ2v) is 9.22. The van der Waals surface area contributed by atoms with Crippen LogP contribution in [0.3, 0.4) is 0 Å². The first-order valence-electron chi connectivity index (χ1n) is 11.5. The van der Waals surface area contributed by atoms with Gasteiger partial charge < -0.3 is 14.4 Å². The lowest BCUT2D eigenvalue weighted by atomic mass is 10.2. The van der Waals surface area contributed by atoms with E-state index in [1.165, 1.54) is 0 Å². The average Bonchev–Trinajstić information content (AvgIpc) is 3.28. The van der Waals surface area contributed by atoms with Gasteiger partial charge in [0.1, 0.15) is 22.9 Å². The molecular formula is C27H30ClN3O3. The lowest BCUT2D eigenvalue weighted by Gasteiger charge is -2.27. The minimum Gasteiger partial charge on any atom is -0.459 e. The van der Waals surface area contributed by atoms with Crippen LogP contribution in [0.5, 0.6) is 11.5 Å². The zero-order valence-corrected chi connectivity index (χ0v) is 20.5. The molecule has 0 bridgehead atoms. The highest BCUT2D eigenvalue weighted by molar-refractivity contribution is 6.30. The molecule has 0 aliphatic carbocycles. The topological polar surface area (TPSA) is 54.9 Å². The van der Waals surface area contributed by atoms with Crippen molar-refractivity contribution >= 4 is 23.4 Å². The van der Waals surface area contributed by atoms with Gasteiger partial charge in [0.15, 0.2) is 0 Å². The molecule has 0 spiro atoms. The average molecular weight is 480 g/mol. The van der Waals surface area contributed by atoms with Gasteiger partial charge in [-0.3, -0.25) is 4.90 Å². The summed E-state index contributed by atoms with van der Waals surface area (Å²) in [5, 5.41) is 0.645. The Labute approximate surface area is 206 Å². The SMILES string of the molecule is CC(C)OC(=O)c1cccnc1N(C)[C@@H]1CCN(Cc2ccccc2Oc2cccc(Cl)c2)C1. The predicted octanol–water partition coefficient (Wildman–Crippen LogP) is 5.80. The third kappa shape index (κ3) is 5.88. The molecule has 2 heterocycles. The summed E-state index contributed by atoms with van der Waals surface area (Å²) in [5.74, 6) is 1.86. The molecule has 0 N–H and O–H groups in total. The summed E-state index contributed by atoms with van der Waals surface area (Å²) in [6.45, 7) is 6.27. The number of likely N-dealkylation sites (tertiary alicyclic amines) is 1. The van der Waals surface area contributed by atoms with Crippen LogP contribution in [0.4, 0.5) is 5.82 Å². The monoisotopic (exact) mass is 479 g/mol. The quantitative estimate of drug-likeness (QED) is 0.380. The first-order chi connectivity index (χ1) is 16.4. The fraction of sp³-hybridized carbons (Fsp3) is 0.333. The van der Waals surface area contributed by atoms with E-state index in [0.29, 0.717) is 16.4 Å². The first kappa shape index (κ1) is 24.0. The van der Waals surface area contributed by atoms with Crippen LogP contribution in [0.1, 0.15) is 36.2 Å². The number of carbonyl (C=O) groups is 1. The molecule has 0 saturated carbocycles. The molecule has 3 aromatic rings. The van der Waals surface area contributed by atoms with Crippen LogP contribution in [0.25, 0.3) is 0 Å². The molecule has 34 heavy (non-hydrogen) atoms. The number of nitrogens with zero attached hydrogens (tertiary/aromatic N) is 3. The molecule has 1 saturated heterocycles. The van der Waals surface area contributed by atoms with Gasteiger partial charge in [-0.15, -0.1) is 0 Å². The van der Waals surface area contributed by atoms with Gasteiger partial charge in [0.2, 0.25) is 0 Å². The first-order valence-corrected chi connectivity index (χ1v) is 11.9. The van der Waals surface area contributed by atoms with Crippen LogP contribution in [-0.4, -0.2) is 48.1 Å². The van der Waals surface area contributed by atoms with E-state index in [4.69, 9.17) is 21.1 Å². The lowest BCUT2D eigenvalue weighted by molar-refractivity contribution is 0.0378. The maximum absolute atomic E-state index is 12.6. The maximum Gasteiger partial charge on any atom is 0.342 e. The zero-order valence-electron chi connectivity index (χ0n) is 19.8. The number of anilines is 1. The van der Waals surface area contributed by atoms with Crippen LogP contribution in [0.15, 0.2) is 66.9 Å². The zero-order chi connectivity index (χ0) is 24.1. The van der Waals surface area contributed by atoms with Crippen LogP contribution in [0, 0.1) is 0 Å². The highest BCUT2D eigenvalue weighted by atomic mass is 35.5. The van der Waals surface area contributed by atoms with Gasteiger partial charge >= 0.3 is 5.97 Å². The second-order valence-electron chi connectivity index (χ2n) is 8.78. The number of carbonyl (C=O) groups excluding carboxylic acids is 1. The number of benzene rings is 2. The summed E-state index contributed by atoms with van der Waals surface area (Å²) in [7, 11) is 2.00. The number of aromatic nitrogens is 1. The van der Waals surface area contributed by atoms with Crippen molar-refractivity contribution in [2.45, 2.75) is 39.0 Å².